The average molecular weight is 309 g/mol. The van der Waals surface area contributed by atoms with Crippen LogP contribution in [0.15, 0.2) is 18.2 Å². The molecule has 0 aliphatic rings. The summed E-state index contributed by atoms with van der Waals surface area (Å²) >= 11 is 1.52. The zero-order valence-corrected chi connectivity index (χ0v) is 13.1. The van der Waals surface area contributed by atoms with Crippen LogP contribution < -0.4 is 5.32 Å². The van der Waals surface area contributed by atoms with Gasteiger partial charge in [0.15, 0.2) is 5.78 Å². The summed E-state index contributed by atoms with van der Waals surface area (Å²) in [6.45, 7) is 3.12. The number of rotatable bonds is 7. The molecule has 0 radical (unpaired) electrons. The number of amides is 1. The highest BCUT2D eigenvalue weighted by atomic mass is 32.2. The largest absolute Gasteiger partial charge is 0.480 e. The maximum atomic E-state index is 12.2. The number of aliphatic carboxylic acids is 1. The van der Waals surface area contributed by atoms with E-state index >= 15 is 0 Å². The van der Waals surface area contributed by atoms with E-state index < -0.39 is 17.9 Å². The third kappa shape index (κ3) is 4.60. The molecular weight excluding hydrogens is 290 g/mol. The van der Waals surface area contributed by atoms with Gasteiger partial charge in [0.2, 0.25) is 0 Å². The van der Waals surface area contributed by atoms with Crippen molar-refractivity contribution in [1.29, 1.82) is 0 Å². The van der Waals surface area contributed by atoms with Gasteiger partial charge in [0.1, 0.15) is 6.04 Å². The predicted octanol–water partition coefficient (Wildman–Crippen LogP) is 2.13. The highest BCUT2D eigenvalue weighted by Gasteiger charge is 2.21. The first kappa shape index (κ1) is 17.2. The quantitative estimate of drug-likeness (QED) is 0.754. The average Bonchev–Trinajstić information content (AvgIpc) is 2.42. The lowest BCUT2D eigenvalue weighted by atomic mass is 9.99. The number of benzene rings is 1. The van der Waals surface area contributed by atoms with Gasteiger partial charge in [-0.1, -0.05) is 12.1 Å². The Labute approximate surface area is 128 Å². The predicted molar refractivity (Wildman–Crippen MR) is 83.1 cm³/mol. The SMILES string of the molecule is CSCCC(NC(=O)c1cccc(C(C)=O)c1C)C(=O)O. The monoisotopic (exact) mass is 309 g/mol. The van der Waals surface area contributed by atoms with Gasteiger partial charge >= 0.3 is 5.97 Å². The summed E-state index contributed by atoms with van der Waals surface area (Å²) in [5, 5.41) is 11.6. The molecule has 1 aromatic rings. The Hall–Kier alpha value is -1.82. The molecule has 0 fully saturated rings. The molecule has 1 unspecified atom stereocenters. The van der Waals surface area contributed by atoms with Gasteiger partial charge in [0, 0.05) is 11.1 Å². The molecule has 0 bridgehead atoms. The molecule has 1 aromatic carbocycles. The van der Waals surface area contributed by atoms with Crippen LogP contribution in [0.25, 0.3) is 0 Å². The zero-order chi connectivity index (χ0) is 16.0. The highest BCUT2D eigenvalue weighted by Crippen LogP contribution is 2.15. The minimum Gasteiger partial charge on any atom is -0.480 e. The molecule has 2 N–H and O–H groups in total. The lowest BCUT2D eigenvalue weighted by Gasteiger charge is -2.15. The van der Waals surface area contributed by atoms with Crippen LogP contribution in [0.2, 0.25) is 0 Å². The number of ketones is 1. The van der Waals surface area contributed by atoms with Crippen LogP contribution >= 0.6 is 11.8 Å². The van der Waals surface area contributed by atoms with Crippen molar-refractivity contribution in [2.75, 3.05) is 12.0 Å². The van der Waals surface area contributed by atoms with E-state index in [9.17, 15) is 14.4 Å². The van der Waals surface area contributed by atoms with Crippen molar-refractivity contribution in [1.82, 2.24) is 5.32 Å². The van der Waals surface area contributed by atoms with Crippen molar-refractivity contribution in [2.24, 2.45) is 0 Å². The summed E-state index contributed by atoms with van der Waals surface area (Å²) < 4.78 is 0. The van der Waals surface area contributed by atoms with E-state index in [2.05, 4.69) is 5.32 Å². The summed E-state index contributed by atoms with van der Waals surface area (Å²) in [4.78, 5) is 34.9. The fraction of sp³-hybridized carbons (Fsp3) is 0.400. The summed E-state index contributed by atoms with van der Waals surface area (Å²) in [7, 11) is 0. The van der Waals surface area contributed by atoms with Crippen LogP contribution in [0.4, 0.5) is 0 Å². The second-order valence-corrected chi connectivity index (χ2v) is 5.67. The molecular formula is C15H19NO4S. The topological polar surface area (TPSA) is 83.5 Å². The first-order valence-electron chi connectivity index (χ1n) is 6.51. The molecule has 114 valence electrons. The van der Waals surface area contributed by atoms with Crippen LogP contribution in [0.3, 0.4) is 0 Å². The van der Waals surface area contributed by atoms with Gasteiger partial charge in [-0.05, 0) is 43.9 Å². The maximum Gasteiger partial charge on any atom is 0.326 e. The summed E-state index contributed by atoms with van der Waals surface area (Å²) in [6.07, 6.45) is 2.23. The Morgan fingerprint density at radius 1 is 1.29 bits per heavy atom. The number of carboxylic acids is 1. The van der Waals surface area contributed by atoms with Gasteiger partial charge in [-0.3, -0.25) is 9.59 Å². The van der Waals surface area contributed by atoms with Crippen molar-refractivity contribution in [3.63, 3.8) is 0 Å². The molecule has 1 atom stereocenters. The van der Waals surface area contributed by atoms with E-state index in [0.717, 1.165) is 0 Å². The Balaban J connectivity index is 2.95. The van der Waals surface area contributed by atoms with Gasteiger partial charge in [-0.25, -0.2) is 4.79 Å². The Kier molecular flexibility index (Phi) is 6.42. The Morgan fingerprint density at radius 2 is 1.90 bits per heavy atom. The maximum absolute atomic E-state index is 12.2. The first-order valence-corrected chi connectivity index (χ1v) is 7.91. The summed E-state index contributed by atoms with van der Waals surface area (Å²) in [5.41, 5.74) is 1.37. The van der Waals surface area contributed by atoms with E-state index in [1.54, 1.807) is 25.1 Å². The van der Waals surface area contributed by atoms with E-state index in [1.807, 2.05) is 6.26 Å². The van der Waals surface area contributed by atoms with E-state index in [-0.39, 0.29) is 5.78 Å². The van der Waals surface area contributed by atoms with E-state index in [1.165, 1.54) is 18.7 Å². The molecule has 21 heavy (non-hydrogen) atoms. The number of carbonyl (C=O) groups is 3. The van der Waals surface area contributed by atoms with E-state index in [0.29, 0.717) is 28.9 Å². The normalized spacial score (nSPS) is 11.8. The first-order chi connectivity index (χ1) is 9.88. The molecule has 0 heterocycles. The second-order valence-electron chi connectivity index (χ2n) is 4.68. The van der Waals surface area contributed by atoms with Crippen LogP contribution in [0.5, 0.6) is 0 Å². The highest BCUT2D eigenvalue weighted by molar-refractivity contribution is 7.98. The Morgan fingerprint density at radius 3 is 2.43 bits per heavy atom. The molecule has 0 saturated heterocycles. The number of nitrogens with one attached hydrogen (secondary N) is 1. The number of Topliss-reactive ketones (excluding diaryl/α,β-unsaturated/α-hetero) is 1. The summed E-state index contributed by atoms with van der Waals surface area (Å²) in [5.74, 6) is -1.01. The molecule has 1 amide bonds. The minimum absolute atomic E-state index is 0.126. The van der Waals surface area contributed by atoms with Gasteiger partial charge in [0.05, 0.1) is 0 Å². The molecule has 5 nitrogen and oxygen atoms in total. The number of carboxylic acid groups (broad SMARTS) is 1. The number of thioether (sulfide) groups is 1. The lowest BCUT2D eigenvalue weighted by Crippen LogP contribution is -2.41. The fourth-order valence-electron chi connectivity index (χ4n) is 1.99. The molecule has 0 aliphatic carbocycles. The Bertz CT molecular complexity index is 557. The molecule has 0 saturated carbocycles. The van der Waals surface area contributed by atoms with Crippen molar-refractivity contribution in [3.8, 4) is 0 Å². The fourth-order valence-corrected chi connectivity index (χ4v) is 2.46. The standard InChI is InChI=1S/C15H19NO4S/c1-9-11(10(2)17)5-4-6-12(9)14(18)16-13(15(19)20)7-8-21-3/h4-6,13H,7-8H2,1-3H3,(H,16,18)(H,19,20). The smallest absolute Gasteiger partial charge is 0.326 e. The third-order valence-electron chi connectivity index (χ3n) is 3.17. The molecule has 0 spiro atoms. The lowest BCUT2D eigenvalue weighted by molar-refractivity contribution is -0.139. The minimum atomic E-state index is -1.06. The van der Waals surface area contributed by atoms with E-state index in [4.69, 9.17) is 5.11 Å². The van der Waals surface area contributed by atoms with Gasteiger partial charge in [0.25, 0.3) is 5.91 Å². The van der Waals surface area contributed by atoms with Gasteiger partial charge in [-0.2, -0.15) is 11.8 Å². The zero-order valence-electron chi connectivity index (χ0n) is 12.3. The van der Waals surface area contributed by atoms with Crippen LogP contribution in [-0.4, -0.2) is 40.8 Å². The number of hydrogen-bond acceptors (Lipinski definition) is 4. The van der Waals surface area contributed by atoms with Crippen LogP contribution in [-0.2, 0) is 4.79 Å². The van der Waals surface area contributed by atoms with Crippen LogP contribution in [0, 0.1) is 6.92 Å². The second kappa shape index (κ2) is 7.83. The molecule has 0 aliphatic heterocycles. The number of hydrogen-bond donors (Lipinski definition) is 2. The molecule has 1 rings (SSSR count). The van der Waals surface area contributed by atoms with Crippen LogP contribution in [0.1, 0.15) is 39.6 Å². The third-order valence-corrected chi connectivity index (χ3v) is 3.82. The van der Waals surface area contributed by atoms with Gasteiger partial charge in [-0.15, -0.1) is 0 Å². The van der Waals surface area contributed by atoms with Crippen molar-refractivity contribution >= 4 is 29.4 Å². The number of carbonyl (C=O) groups excluding carboxylic acids is 2. The van der Waals surface area contributed by atoms with Crippen molar-refractivity contribution < 1.29 is 19.5 Å². The molecule has 6 heteroatoms. The molecule has 0 aromatic heterocycles. The van der Waals surface area contributed by atoms with Crippen molar-refractivity contribution in [3.05, 3.63) is 34.9 Å². The van der Waals surface area contributed by atoms with Crippen molar-refractivity contribution in [2.45, 2.75) is 26.3 Å². The van der Waals surface area contributed by atoms with Gasteiger partial charge < -0.3 is 10.4 Å². The summed E-state index contributed by atoms with van der Waals surface area (Å²) in [6, 6.07) is 3.93.